The van der Waals surface area contributed by atoms with Gasteiger partial charge in [-0.25, -0.2) is 9.97 Å². The van der Waals surface area contributed by atoms with Gasteiger partial charge in [-0.05, 0) is 49.4 Å². The standard InChI is InChI=1S/C24H20ClN3O2S/c1-2-30-19-12-13-21-20(14-19)24(28-23(27-21)16-6-4-3-5-7-16)31-15-22(29)26-18-10-8-17(25)9-11-18/h3-14H,2,15H2,1H3,(H,26,29). The molecule has 0 saturated carbocycles. The van der Waals surface area contributed by atoms with Crippen molar-refractivity contribution in [3.63, 3.8) is 0 Å². The molecule has 0 bridgehead atoms. The zero-order chi connectivity index (χ0) is 21.6. The fraction of sp³-hybridized carbons (Fsp3) is 0.125. The second-order valence-corrected chi connectivity index (χ2v) is 8.07. The van der Waals surface area contributed by atoms with E-state index in [0.29, 0.717) is 23.1 Å². The van der Waals surface area contributed by atoms with E-state index in [0.717, 1.165) is 27.2 Å². The molecule has 0 fully saturated rings. The van der Waals surface area contributed by atoms with E-state index in [4.69, 9.17) is 26.3 Å². The molecule has 0 unspecified atom stereocenters. The van der Waals surface area contributed by atoms with Crippen molar-refractivity contribution in [2.24, 2.45) is 0 Å². The van der Waals surface area contributed by atoms with Crippen molar-refractivity contribution in [1.29, 1.82) is 0 Å². The number of rotatable bonds is 7. The molecule has 0 saturated heterocycles. The van der Waals surface area contributed by atoms with Crippen LogP contribution in [0, 0.1) is 0 Å². The highest BCUT2D eigenvalue weighted by Crippen LogP contribution is 2.31. The van der Waals surface area contributed by atoms with Gasteiger partial charge in [0.25, 0.3) is 0 Å². The highest BCUT2D eigenvalue weighted by molar-refractivity contribution is 8.00. The largest absolute Gasteiger partial charge is 0.494 e. The van der Waals surface area contributed by atoms with Crippen LogP contribution in [0.2, 0.25) is 5.02 Å². The molecule has 156 valence electrons. The number of fused-ring (bicyclic) bond motifs is 1. The Labute approximate surface area is 189 Å². The first kappa shape index (κ1) is 21.2. The topological polar surface area (TPSA) is 64.1 Å². The predicted molar refractivity (Wildman–Crippen MR) is 127 cm³/mol. The molecule has 5 nitrogen and oxygen atoms in total. The minimum atomic E-state index is -0.124. The molecule has 31 heavy (non-hydrogen) atoms. The number of aromatic nitrogens is 2. The molecule has 4 aromatic rings. The Kier molecular flexibility index (Phi) is 6.70. The fourth-order valence-corrected chi connectivity index (χ4v) is 3.96. The zero-order valence-electron chi connectivity index (χ0n) is 16.8. The Morgan fingerprint density at radius 3 is 2.55 bits per heavy atom. The van der Waals surface area contributed by atoms with E-state index in [1.54, 1.807) is 24.3 Å². The maximum absolute atomic E-state index is 12.5. The summed E-state index contributed by atoms with van der Waals surface area (Å²) in [4.78, 5) is 22.0. The highest BCUT2D eigenvalue weighted by Gasteiger charge is 2.13. The van der Waals surface area contributed by atoms with Crippen LogP contribution in [-0.4, -0.2) is 28.2 Å². The van der Waals surface area contributed by atoms with Crippen LogP contribution in [0.3, 0.4) is 0 Å². The molecule has 0 atom stereocenters. The predicted octanol–water partition coefficient (Wildman–Crippen LogP) is 6.08. The SMILES string of the molecule is CCOc1ccc2nc(-c3ccccc3)nc(SCC(=O)Nc3ccc(Cl)cc3)c2c1. The molecule has 7 heteroatoms. The van der Waals surface area contributed by atoms with E-state index in [2.05, 4.69) is 5.32 Å². The van der Waals surface area contributed by atoms with Crippen molar-refractivity contribution >= 4 is 45.9 Å². The summed E-state index contributed by atoms with van der Waals surface area (Å²) in [6.07, 6.45) is 0. The Hall–Kier alpha value is -3.09. The van der Waals surface area contributed by atoms with E-state index in [1.807, 2.05) is 55.5 Å². The summed E-state index contributed by atoms with van der Waals surface area (Å²) in [5, 5.41) is 5.09. The summed E-state index contributed by atoms with van der Waals surface area (Å²) in [5.74, 6) is 1.46. The minimum absolute atomic E-state index is 0.124. The third-order valence-corrected chi connectivity index (χ3v) is 5.69. The number of benzene rings is 3. The number of carbonyl (C=O) groups is 1. The number of hydrogen-bond acceptors (Lipinski definition) is 5. The Morgan fingerprint density at radius 2 is 1.81 bits per heavy atom. The third-order valence-electron chi connectivity index (χ3n) is 4.44. The van der Waals surface area contributed by atoms with Crippen LogP contribution in [0.15, 0.2) is 77.8 Å². The summed E-state index contributed by atoms with van der Waals surface area (Å²) < 4.78 is 5.64. The number of thioether (sulfide) groups is 1. The lowest BCUT2D eigenvalue weighted by Gasteiger charge is -2.11. The van der Waals surface area contributed by atoms with Gasteiger partial charge in [-0.3, -0.25) is 4.79 Å². The molecule has 0 spiro atoms. The van der Waals surface area contributed by atoms with Crippen LogP contribution in [0.1, 0.15) is 6.92 Å². The van der Waals surface area contributed by atoms with E-state index < -0.39 is 0 Å². The quantitative estimate of drug-likeness (QED) is 0.273. The number of anilines is 1. The Bertz CT molecular complexity index is 1200. The van der Waals surface area contributed by atoms with Crippen LogP contribution in [-0.2, 0) is 4.79 Å². The first-order valence-electron chi connectivity index (χ1n) is 9.80. The summed E-state index contributed by atoms with van der Waals surface area (Å²) in [6, 6.07) is 22.6. The second-order valence-electron chi connectivity index (χ2n) is 6.67. The first-order chi connectivity index (χ1) is 15.1. The first-order valence-corrected chi connectivity index (χ1v) is 11.2. The minimum Gasteiger partial charge on any atom is -0.494 e. The molecular formula is C24H20ClN3O2S. The summed E-state index contributed by atoms with van der Waals surface area (Å²) in [7, 11) is 0. The van der Waals surface area contributed by atoms with E-state index in [-0.39, 0.29) is 11.7 Å². The summed E-state index contributed by atoms with van der Waals surface area (Å²) >= 11 is 7.28. The van der Waals surface area contributed by atoms with Crippen LogP contribution >= 0.6 is 23.4 Å². The van der Waals surface area contributed by atoms with Gasteiger partial charge in [0, 0.05) is 21.7 Å². The normalized spacial score (nSPS) is 10.8. The molecule has 4 rings (SSSR count). The number of carbonyl (C=O) groups excluding carboxylic acids is 1. The van der Waals surface area contributed by atoms with Gasteiger partial charge in [0.2, 0.25) is 5.91 Å². The zero-order valence-corrected chi connectivity index (χ0v) is 18.4. The molecule has 0 aliphatic rings. The van der Waals surface area contributed by atoms with Crippen molar-refractivity contribution in [2.75, 3.05) is 17.7 Å². The highest BCUT2D eigenvalue weighted by atomic mass is 35.5. The van der Waals surface area contributed by atoms with E-state index >= 15 is 0 Å². The average Bonchev–Trinajstić information content (AvgIpc) is 2.80. The molecule has 1 heterocycles. The maximum atomic E-state index is 12.5. The van der Waals surface area contributed by atoms with Gasteiger partial charge in [-0.15, -0.1) is 0 Å². The van der Waals surface area contributed by atoms with E-state index in [1.165, 1.54) is 11.8 Å². The molecule has 0 aliphatic heterocycles. The van der Waals surface area contributed by atoms with Gasteiger partial charge in [0.15, 0.2) is 5.82 Å². The lowest BCUT2D eigenvalue weighted by Crippen LogP contribution is -2.14. The lowest BCUT2D eigenvalue weighted by atomic mass is 10.2. The van der Waals surface area contributed by atoms with Crippen LogP contribution in [0.25, 0.3) is 22.3 Å². The van der Waals surface area contributed by atoms with Gasteiger partial charge in [-0.1, -0.05) is 53.7 Å². The Morgan fingerprint density at radius 1 is 1.03 bits per heavy atom. The maximum Gasteiger partial charge on any atom is 0.234 e. The molecule has 3 aromatic carbocycles. The van der Waals surface area contributed by atoms with Gasteiger partial charge in [0.05, 0.1) is 17.9 Å². The molecule has 1 N–H and O–H groups in total. The second kappa shape index (κ2) is 9.81. The number of halogens is 1. The van der Waals surface area contributed by atoms with Gasteiger partial charge >= 0.3 is 0 Å². The monoisotopic (exact) mass is 449 g/mol. The number of hydrogen-bond donors (Lipinski definition) is 1. The average molecular weight is 450 g/mol. The van der Waals surface area contributed by atoms with Crippen molar-refractivity contribution < 1.29 is 9.53 Å². The van der Waals surface area contributed by atoms with E-state index in [9.17, 15) is 4.79 Å². The molecule has 1 aromatic heterocycles. The van der Waals surface area contributed by atoms with Crippen molar-refractivity contribution in [3.05, 3.63) is 77.8 Å². The van der Waals surface area contributed by atoms with Gasteiger partial charge in [-0.2, -0.15) is 0 Å². The third kappa shape index (κ3) is 5.34. The molecule has 1 amide bonds. The van der Waals surface area contributed by atoms with Crippen LogP contribution in [0.5, 0.6) is 5.75 Å². The number of amides is 1. The summed E-state index contributed by atoms with van der Waals surface area (Å²) in [5.41, 5.74) is 2.43. The number of nitrogens with zero attached hydrogens (tertiary/aromatic N) is 2. The Balaban J connectivity index is 1.62. The number of nitrogens with one attached hydrogen (secondary N) is 1. The fourth-order valence-electron chi connectivity index (χ4n) is 3.03. The molecule has 0 aliphatic carbocycles. The van der Waals surface area contributed by atoms with Crippen LogP contribution < -0.4 is 10.1 Å². The lowest BCUT2D eigenvalue weighted by molar-refractivity contribution is -0.113. The van der Waals surface area contributed by atoms with Crippen molar-refractivity contribution in [2.45, 2.75) is 11.9 Å². The molecular weight excluding hydrogens is 430 g/mol. The van der Waals surface area contributed by atoms with Gasteiger partial charge < -0.3 is 10.1 Å². The van der Waals surface area contributed by atoms with Crippen LogP contribution in [0.4, 0.5) is 5.69 Å². The summed E-state index contributed by atoms with van der Waals surface area (Å²) in [6.45, 7) is 2.51. The van der Waals surface area contributed by atoms with Crippen molar-refractivity contribution in [1.82, 2.24) is 9.97 Å². The molecule has 0 radical (unpaired) electrons. The van der Waals surface area contributed by atoms with Gasteiger partial charge in [0.1, 0.15) is 10.8 Å². The van der Waals surface area contributed by atoms with Crippen molar-refractivity contribution in [3.8, 4) is 17.1 Å². The smallest absolute Gasteiger partial charge is 0.234 e. The number of ether oxygens (including phenoxy) is 1.